The normalized spacial score (nSPS) is 19.2. The van der Waals surface area contributed by atoms with Crippen LogP contribution < -0.4 is 5.32 Å². The van der Waals surface area contributed by atoms with E-state index < -0.39 is 0 Å². The molecule has 1 saturated heterocycles. The van der Waals surface area contributed by atoms with Crippen molar-refractivity contribution in [3.63, 3.8) is 0 Å². The Kier molecular flexibility index (Phi) is 6.12. The third kappa shape index (κ3) is 3.70. The number of halogens is 2. The number of amides is 1. The number of rotatable bonds is 2. The Bertz CT molecular complexity index is 414. The van der Waals surface area contributed by atoms with E-state index in [0.717, 1.165) is 36.0 Å². The molecule has 1 N–H and O–H groups in total. The highest BCUT2D eigenvalue weighted by atomic mass is 79.9. The van der Waals surface area contributed by atoms with Crippen molar-refractivity contribution in [3.8, 4) is 0 Å². The Morgan fingerprint density at radius 2 is 2.28 bits per heavy atom. The Labute approximate surface area is 122 Å². The molecule has 1 aliphatic rings. The topological polar surface area (TPSA) is 32.3 Å². The summed E-state index contributed by atoms with van der Waals surface area (Å²) in [6, 6.07) is 8.02. The van der Waals surface area contributed by atoms with Gasteiger partial charge in [0.25, 0.3) is 5.91 Å². The largest absolute Gasteiger partial charge is 0.337 e. The van der Waals surface area contributed by atoms with E-state index in [-0.39, 0.29) is 18.3 Å². The molecule has 1 heterocycles. The van der Waals surface area contributed by atoms with Gasteiger partial charge in [0.2, 0.25) is 0 Å². The smallest absolute Gasteiger partial charge is 0.253 e. The molecule has 1 amide bonds. The van der Waals surface area contributed by atoms with Crippen LogP contribution in [0.25, 0.3) is 0 Å². The summed E-state index contributed by atoms with van der Waals surface area (Å²) >= 11 is 3.40. The molecule has 0 spiro atoms. The fourth-order valence-electron chi connectivity index (χ4n) is 2.20. The van der Waals surface area contributed by atoms with Gasteiger partial charge in [-0.1, -0.05) is 22.0 Å². The third-order valence-corrected chi connectivity index (χ3v) is 3.68. The number of hydrogen-bond donors (Lipinski definition) is 1. The Balaban J connectivity index is 0.00000162. The molecular weight excluding hydrogens is 316 g/mol. The van der Waals surface area contributed by atoms with Crippen LogP contribution in [-0.2, 0) is 0 Å². The van der Waals surface area contributed by atoms with Crippen molar-refractivity contribution in [3.05, 3.63) is 34.3 Å². The van der Waals surface area contributed by atoms with E-state index >= 15 is 0 Å². The van der Waals surface area contributed by atoms with Crippen LogP contribution in [0.15, 0.2) is 28.7 Å². The quantitative estimate of drug-likeness (QED) is 0.902. The van der Waals surface area contributed by atoms with E-state index in [2.05, 4.69) is 21.2 Å². The van der Waals surface area contributed by atoms with Crippen molar-refractivity contribution in [2.45, 2.75) is 18.9 Å². The number of piperidine rings is 1. The molecule has 18 heavy (non-hydrogen) atoms. The molecule has 2 rings (SSSR count). The fourth-order valence-corrected chi connectivity index (χ4v) is 2.60. The van der Waals surface area contributed by atoms with Gasteiger partial charge < -0.3 is 10.2 Å². The summed E-state index contributed by atoms with van der Waals surface area (Å²) in [5.74, 6) is 0.131. The van der Waals surface area contributed by atoms with E-state index in [1.807, 2.05) is 36.2 Å². The maximum absolute atomic E-state index is 12.3. The third-order valence-electron chi connectivity index (χ3n) is 3.19. The standard InChI is InChI=1S/C13H17BrN2O.ClH/c1-15-12-6-3-7-16(9-12)13(17)10-4-2-5-11(14)8-10;/h2,4-5,8,12,15H,3,6-7,9H2,1H3;1H. The number of nitrogens with zero attached hydrogens (tertiary/aromatic N) is 1. The van der Waals surface area contributed by atoms with Crippen LogP contribution in [0, 0.1) is 0 Å². The minimum absolute atomic E-state index is 0. The SMILES string of the molecule is CNC1CCCN(C(=O)c2cccc(Br)c2)C1.Cl. The Morgan fingerprint density at radius 1 is 1.50 bits per heavy atom. The lowest BCUT2D eigenvalue weighted by molar-refractivity contribution is 0.0698. The molecule has 0 aliphatic carbocycles. The second kappa shape index (κ2) is 7.12. The van der Waals surface area contributed by atoms with Crippen LogP contribution in [-0.4, -0.2) is 37.0 Å². The minimum Gasteiger partial charge on any atom is -0.337 e. The summed E-state index contributed by atoms with van der Waals surface area (Å²) in [6.45, 7) is 1.67. The molecule has 1 aliphatic heterocycles. The zero-order chi connectivity index (χ0) is 12.3. The van der Waals surface area contributed by atoms with E-state index in [1.54, 1.807) is 0 Å². The summed E-state index contributed by atoms with van der Waals surface area (Å²) < 4.78 is 0.950. The summed E-state index contributed by atoms with van der Waals surface area (Å²) in [7, 11) is 1.96. The molecule has 5 heteroatoms. The van der Waals surface area contributed by atoms with Crippen LogP contribution >= 0.6 is 28.3 Å². The van der Waals surface area contributed by atoms with Crippen molar-refractivity contribution >= 4 is 34.2 Å². The minimum atomic E-state index is 0. The Morgan fingerprint density at radius 3 is 2.94 bits per heavy atom. The van der Waals surface area contributed by atoms with Crippen LogP contribution in [0.4, 0.5) is 0 Å². The van der Waals surface area contributed by atoms with Crippen LogP contribution in [0.2, 0.25) is 0 Å². The molecule has 0 saturated carbocycles. The van der Waals surface area contributed by atoms with Gasteiger partial charge in [0.05, 0.1) is 0 Å². The molecule has 0 radical (unpaired) electrons. The van der Waals surface area contributed by atoms with Crippen molar-refractivity contribution < 1.29 is 4.79 Å². The number of carbonyl (C=O) groups is 1. The molecular formula is C13H18BrClN2O. The maximum Gasteiger partial charge on any atom is 0.253 e. The summed E-state index contributed by atoms with van der Waals surface area (Å²) in [4.78, 5) is 14.2. The predicted molar refractivity (Wildman–Crippen MR) is 79.4 cm³/mol. The lowest BCUT2D eigenvalue weighted by atomic mass is 10.0. The fraction of sp³-hybridized carbons (Fsp3) is 0.462. The average molecular weight is 334 g/mol. The Hall–Kier alpha value is -0.580. The second-order valence-corrected chi connectivity index (χ2v) is 5.31. The van der Waals surface area contributed by atoms with Crippen LogP contribution in [0.5, 0.6) is 0 Å². The van der Waals surface area contributed by atoms with Crippen molar-refractivity contribution in [1.29, 1.82) is 0 Å². The zero-order valence-electron chi connectivity index (χ0n) is 10.4. The second-order valence-electron chi connectivity index (χ2n) is 4.39. The van der Waals surface area contributed by atoms with Crippen molar-refractivity contribution in [1.82, 2.24) is 10.2 Å². The molecule has 0 aromatic heterocycles. The van der Waals surface area contributed by atoms with Gasteiger partial charge in [0.1, 0.15) is 0 Å². The van der Waals surface area contributed by atoms with Gasteiger partial charge in [0, 0.05) is 29.2 Å². The first kappa shape index (κ1) is 15.5. The van der Waals surface area contributed by atoms with Gasteiger partial charge in [-0.3, -0.25) is 4.79 Å². The van der Waals surface area contributed by atoms with Gasteiger partial charge in [-0.05, 0) is 38.1 Å². The zero-order valence-corrected chi connectivity index (χ0v) is 12.8. The van der Waals surface area contributed by atoms with Gasteiger partial charge in [-0.2, -0.15) is 0 Å². The van der Waals surface area contributed by atoms with Gasteiger partial charge in [-0.15, -0.1) is 12.4 Å². The number of nitrogens with one attached hydrogen (secondary N) is 1. The lowest BCUT2D eigenvalue weighted by Crippen LogP contribution is -2.46. The lowest BCUT2D eigenvalue weighted by Gasteiger charge is -2.32. The molecule has 1 unspecified atom stereocenters. The van der Waals surface area contributed by atoms with Crippen molar-refractivity contribution in [2.24, 2.45) is 0 Å². The van der Waals surface area contributed by atoms with E-state index in [9.17, 15) is 4.79 Å². The maximum atomic E-state index is 12.3. The monoisotopic (exact) mass is 332 g/mol. The number of benzene rings is 1. The summed E-state index contributed by atoms with van der Waals surface area (Å²) in [5.41, 5.74) is 0.760. The van der Waals surface area contributed by atoms with Crippen molar-refractivity contribution in [2.75, 3.05) is 20.1 Å². The average Bonchev–Trinajstić information content (AvgIpc) is 2.38. The number of likely N-dealkylation sites (N-methyl/N-ethyl adjacent to an activating group) is 1. The van der Waals surface area contributed by atoms with Gasteiger partial charge in [-0.25, -0.2) is 0 Å². The molecule has 1 atom stereocenters. The summed E-state index contributed by atoms with van der Waals surface area (Å²) in [6.07, 6.45) is 2.23. The van der Waals surface area contributed by atoms with E-state index in [0.29, 0.717) is 6.04 Å². The molecule has 1 aromatic rings. The summed E-state index contributed by atoms with van der Waals surface area (Å²) in [5, 5.41) is 3.25. The van der Waals surface area contributed by atoms with E-state index in [1.165, 1.54) is 0 Å². The van der Waals surface area contributed by atoms with Gasteiger partial charge in [0.15, 0.2) is 0 Å². The van der Waals surface area contributed by atoms with Crippen LogP contribution in [0.3, 0.4) is 0 Å². The highest BCUT2D eigenvalue weighted by Gasteiger charge is 2.23. The highest BCUT2D eigenvalue weighted by Crippen LogP contribution is 2.16. The molecule has 1 aromatic carbocycles. The first-order valence-electron chi connectivity index (χ1n) is 5.93. The number of carbonyl (C=O) groups excluding carboxylic acids is 1. The van der Waals surface area contributed by atoms with E-state index in [4.69, 9.17) is 0 Å². The molecule has 100 valence electrons. The first-order valence-corrected chi connectivity index (χ1v) is 6.72. The molecule has 1 fully saturated rings. The highest BCUT2D eigenvalue weighted by molar-refractivity contribution is 9.10. The molecule has 0 bridgehead atoms. The first-order chi connectivity index (χ1) is 8.20. The molecule has 3 nitrogen and oxygen atoms in total. The predicted octanol–water partition coefficient (Wildman–Crippen LogP) is 2.69. The van der Waals surface area contributed by atoms with Gasteiger partial charge >= 0.3 is 0 Å². The van der Waals surface area contributed by atoms with Crippen LogP contribution in [0.1, 0.15) is 23.2 Å². The number of hydrogen-bond acceptors (Lipinski definition) is 2. The number of likely N-dealkylation sites (tertiary alicyclic amines) is 1.